The van der Waals surface area contributed by atoms with E-state index in [0.717, 1.165) is 31.4 Å². The summed E-state index contributed by atoms with van der Waals surface area (Å²) in [7, 11) is 0. The van der Waals surface area contributed by atoms with Crippen molar-refractivity contribution in [2.24, 2.45) is 11.8 Å². The van der Waals surface area contributed by atoms with Gasteiger partial charge in [-0.15, -0.1) is 5.10 Å². The lowest BCUT2D eigenvalue weighted by Gasteiger charge is -2.25. The molecule has 5 nitrogen and oxygen atoms in total. The first-order valence-electron chi connectivity index (χ1n) is 6.21. The van der Waals surface area contributed by atoms with Crippen LogP contribution in [0.5, 0.6) is 0 Å². The van der Waals surface area contributed by atoms with E-state index in [2.05, 4.69) is 34.7 Å². The predicted octanol–water partition coefficient (Wildman–Crippen LogP) is 1.22. The van der Waals surface area contributed by atoms with Gasteiger partial charge in [-0.05, 0) is 41.6 Å². The molecule has 0 aromatic carbocycles. The Bertz CT molecular complexity index is 316. The maximum atomic E-state index is 4.06. The number of rotatable bonds is 6. The van der Waals surface area contributed by atoms with Gasteiger partial charge in [-0.25, -0.2) is 4.68 Å². The standard InChI is InChI=1S/C11H21N5/c1-9(2)6-12-7-11-13-14-15-16(11)8-10-4-3-5-10/h9-10,12H,3-8H2,1-2H3. The Hall–Kier alpha value is -0.970. The Morgan fingerprint density at radius 3 is 2.88 bits per heavy atom. The van der Waals surface area contributed by atoms with Crippen LogP contribution in [0.25, 0.3) is 0 Å². The van der Waals surface area contributed by atoms with Gasteiger partial charge in [-0.1, -0.05) is 20.3 Å². The van der Waals surface area contributed by atoms with Gasteiger partial charge in [-0.2, -0.15) is 0 Å². The highest BCUT2D eigenvalue weighted by Crippen LogP contribution is 2.27. The Kier molecular flexibility index (Phi) is 3.88. The minimum absolute atomic E-state index is 0.663. The fourth-order valence-corrected chi connectivity index (χ4v) is 1.88. The van der Waals surface area contributed by atoms with Gasteiger partial charge in [0.1, 0.15) is 0 Å². The van der Waals surface area contributed by atoms with E-state index in [9.17, 15) is 0 Å². The lowest BCUT2D eigenvalue weighted by atomic mass is 9.85. The molecular weight excluding hydrogens is 202 g/mol. The fourth-order valence-electron chi connectivity index (χ4n) is 1.88. The molecule has 1 aromatic rings. The smallest absolute Gasteiger partial charge is 0.165 e. The molecule has 0 bridgehead atoms. The second kappa shape index (κ2) is 5.39. The van der Waals surface area contributed by atoms with E-state index in [1.807, 2.05) is 4.68 Å². The van der Waals surface area contributed by atoms with Crippen LogP contribution >= 0.6 is 0 Å². The molecule has 1 N–H and O–H groups in total. The molecule has 16 heavy (non-hydrogen) atoms. The van der Waals surface area contributed by atoms with Crippen LogP contribution in [-0.2, 0) is 13.1 Å². The molecule has 0 unspecified atom stereocenters. The summed E-state index contributed by atoms with van der Waals surface area (Å²) in [5, 5.41) is 15.2. The largest absolute Gasteiger partial charge is 0.310 e. The zero-order chi connectivity index (χ0) is 11.4. The Balaban J connectivity index is 1.81. The van der Waals surface area contributed by atoms with E-state index in [-0.39, 0.29) is 0 Å². The van der Waals surface area contributed by atoms with Gasteiger partial charge in [0.15, 0.2) is 5.82 Å². The zero-order valence-corrected chi connectivity index (χ0v) is 10.2. The predicted molar refractivity (Wildman–Crippen MR) is 61.7 cm³/mol. The van der Waals surface area contributed by atoms with Gasteiger partial charge in [0.05, 0.1) is 6.54 Å². The van der Waals surface area contributed by atoms with Crippen LogP contribution in [0.4, 0.5) is 0 Å². The average molecular weight is 223 g/mol. The highest BCUT2D eigenvalue weighted by atomic mass is 15.5. The number of aromatic nitrogens is 4. The van der Waals surface area contributed by atoms with Crippen LogP contribution in [0.2, 0.25) is 0 Å². The number of hydrogen-bond acceptors (Lipinski definition) is 4. The molecule has 0 radical (unpaired) electrons. The molecule has 0 aliphatic heterocycles. The molecular formula is C11H21N5. The van der Waals surface area contributed by atoms with E-state index >= 15 is 0 Å². The van der Waals surface area contributed by atoms with E-state index in [1.54, 1.807) is 0 Å². The van der Waals surface area contributed by atoms with Gasteiger partial charge in [-0.3, -0.25) is 0 Å². The minimum Gasteiger partial charge on any atom is -0.310 e. The van der Waals surface area contributed by atoms with Gasteiger partial charge in [0.25, 0.3) is 0 Å². The quantitative estimate of drug-likeness (QED) is 0.788. The van der Waals surface area contributed by atoms with Crippen molar-refractivity contribution in [3.63, 3.8) is 0 Å². The van der Waals surface area contributed by atoms with Crippen molar-refractivity contribution in [3.05, 3.63) is 5.82 Å². The average Bonchev–Trinajstić information content (AvgIpc) is 2.59. The van der Waals surface area contributed by atoms with Crippen LogP contribution in [0.1, 0.15) is 38.9 Å². The molecule has 90 valence electrons. The number of nitrogens with one attached hydrogen (secondary N) is 1. The zero-order valence-electron chi connectivity index (χ0n) is 10.2. The topological polar surface area (TPSA) is 55.6 Å². The van der Waals surface area contributed by atoms with Gasteiger partial charge in [0.2, 0.25) is 0 Å². The summed E-state index contributed by atoms with van der Waals surface area (Å²) in [6.45, 7) is 7.18. The third kappa shape index (κ3) is 3.01. The molecule has 0 amide bonds. The maximum absolute atomic E-state index is 4.06. The third-order valence-corrected chi connectivity index (χ3v) is 3.10. The van der Waals surface area contributed by atoms with Crippen molar-refractivity contribution < 1.29 is 0 Å². The number of tetrazole rings is 1. The lowest BCUT2D eigenvalue weighted by molar-refractivity contribution is 0.260. The van der Waals surface area contributed by atoms with E-state index in [1.165, 1.54) is 19.3 Å². The molecule has 1 aliphatic carbocycles. The molecule has 2 rings (SSSR count). The molecule has 0 saturated heterocycles. The molecule has 1 aromatic heterocycles. The van der Waals surface area contributed by atoms with Crippen LogP contribution in [0.3, 0.4) is 0 Å². The van der Waals surface area contributed by atoms with E-state index < -0.39 is 0 Å². The van der Waals surface area contributed by atoms with Crippen molar-refractivity contribution in [1.29, 1.82) is 0 Å². The Labute approximate surface area is 96.6 Å². The van der Waals surface area contributed by atoms with E-state index in [0.29, 0.717) is 5.92 Å². The maximum Gasteiger partial charge on any atom is 0.165 e. The SMILES string of the molecule is CC(C)CNCc1nnnn1CC1CCC1. The summed E-state index contributed by atoms with van der Waals surface area (Å²) in [4.78, 5) is 0. The normalized spacial score (nSPS) is 16.7. The van der Waals surface area contributed by atoms with Gasteiger partial charge < -0.3 is 5.32 Å². The minimum atomic E-state index is 0.663. The lowest BCUT2D eigenvalue weighted by Crippen LogP contribution is -2.24. The summed E-state index contributed by atoms with van der Waals surface area (Å²) in [6, 6.07) is 0. The van der Waals surface area contributed by atoms with Crippen LogP contribution in [-0.4, -0.2) is 26.8 Å². The molecule has 1 saturated carbocycles. The molecule has 1 aliphatic rings. The summed E-state index contributed by atoms with van der Waals surface area (Å²) in [6.07, 6.45) is 4.03. The first-order valence-corrected chi connectivity index (χ1v) is 6.21. The number of nitrogens with zero attached hydrogens (tertiary/aromatic N) is 4. The van der Waals surface area contributed by atoms with Crippen molar-refractivity contribution in [3.8, 4) is 0 Å². The molecule has 1 fully saturated rings. The van der Waals surface area contributed by atoms with Gasteiger partial charge >= 0.3 is 0 Å². The van der Waals surface area contributed by atoms with Crippen LogP contribution in [0.15, 0.2) is 0 Å². The summed E-state index contributed by atoms with van der Waals surface area (Å²) in [5.74, 6) is 2.43. The fraction of sp³-hybridized carbons (Fsp3) is 0.909. The van der Waals surface area contributed by atoms with Crippen molar-refractivity contribution in [2.45, 2.75) is 46.2 Å². The second-order valence-electron chi connectivity index (χ2n) is 5.10. The second-order valence-corrected chi connectivity index (χ2v) is 5.10. The summed E-state index contributed by atoms with van der Waals surface area (Å²) in [5.41, 5.74) is 0. The first-order chi connectivity index (χ1) is 7.75. The first kappa shape index (κ1) is 11.5. The van der Waals surface area contributed by atoms with Crippen LogP contribution in [0, 0.1) is 11.8 Å². The van der Waals surface area contributed by atoms with Crippen molar-refractivity contribution >= 4 is 0 Å². The monoisotopic (exact) mass is 223 g/mol. The van der Waals surface area contributed by atoms with Crippen molar-refractivity contribution in [1.82, 2.24) is 25.5 Å². The van der Waals surface area contributed by atoms with Crippen molar-refractivity contribution in [2.75, 3.05) is 6.54 Å². The Morgan fingerprint density at radius 2 is 2.25 bits per heavy atom. The number of hydrogen-bond donors (Lipinski definition) is 1. The summed E-state index contributed by atoms with van der Waals surface area (Å²) < 4.78 is 1.96. The molecule has 0 atom stereocenters. The molecule has 0 spiro atoms. The highest BCUT2D eigenvalue weighted by molar-refractivity contribution is 4.82. The highest BCUT2D eigenvalue weighted by Gasteiger charge is 2.19. The van der Waals surface area contributed by atoms with E-state index in [4.69, 9.17) is 0 Å². The Morgan fingerprint density at radius 1 is 1.44 bits per heavy atom. The van der Waals surface area contributed by atoms with Gasteiger partial charge in [0, 0.05) is 6.54 Å². The summed E-state index contributed by atoms with van der Waals surface area (Å²) >= 11 is 0. The third-order valence-electron chi connectivity index (χ3n) is 3.10. The molecule has 1 heterocycles. The molecule has 5 heteroatoms. The van der Waals surface area contributed by atoms with Crippen LogP contribution < -0.4 is 5.32 Å².